The number of rotatable bonds is 13. The molecule has 2 unspecified atom stereocenters. The summed E-state index contributed by atoms with van der Waals surface area (Å²) < 4.78 is 16.6. The molecule has 2 rings (SSSR count). The van der Waals surface area contributed by atoms with Gasteiger partial charge < -0.3 is 14.2 Å². The zero-order valence-electron chi connectivity index (χ0n) is 18.2. The fourth-order valence-electron chi connectivity index (χ4n) is 3.34. The Bertz CT molecular complexity index is 905. The van der Waals surface area contributed by atoms with Crippen LogP contribution in [0, 0.1) is 16.2 Å². The molecule has 164 valence electrons. The van der Waals surface area contributed by atoms with Gasteiger partial charge in [0.1, 0.15) is 18.0 Å². The predicted molar refractivity (Wildman–Crippen MR) is 118 cm³/mol. The number of ether oxygens (including phenoxy) is 3. The minimum atomic E-state index is -0.666. The van der Waals surface area contributed by atoms with Gasteiger partial charge in [0, 0.05) is 17.7 Å². The molecule has 0 fully saturated rings. The Morgan fingerprint density at radius 2 is 1.65 bits per heavy atom. The van der Waals surface area contributed by atoms with E-state index in [1.165, 1.54) is 0 Å². The van der Waals surface area contributed by atoms with Crippen LogP contribution in [0.4, 0.5) is 0 Å². The van der Waals surface area contributed by atoms with Crippen molar-refractivity contribution in [1.82, 2.24) is 0 Å². The number of benzene rings is 2. The Balaban J connectivity index is 2.43. The summed E-state index contributed by atoms with van der Waals surface area (Å²) in [7, 11) is 0. The molecule has 31 heavy (non-hydrogen) atoms. The summed E-state index contributed by atoms with van der Waals surface area (Å²) in [4.78, 5) is 24.0. The Labute approximate surface area is 182 Å². The first-order valence-electron chi connectivity index (χ1n) is 10.4. The summed E-state index contributed by atoms with van der Waals surface area (Å²) in [6.45, 7) is 6.91. The van der Waals surface area contributed by atoms with Crippen molar-refractivity contribution in [2.75, 3.05) is 26.4 Å². The smallest absolute Gasteiger partial charge is 0.193 e. The number of nitroso groups, excluding NO2 is 1. The Hall–Kier alpha value is -3.24. The lowest BCUT2D eigenvalue weighted by atomic mass is 9.87. The van der Waals surface area contributed by atoms with E-state index in [1.54, 1.807) is 42.5 Å². The number of nitrogens with zero attached hydrogens (tertiary/aromatic N) is 2. The van der Waals surface area contributed by atoms with Crippen LogP contribution in [0.15, 0.2) is 47.6 Å². The maximum Gasteiger partial charge on any atom is 0.193 e. The minimum Gasteiger partial charge on any atom is -0.494 e. The fraction of sp³-hybridized carbons (Fsp3) is 0.417. The van der Waals surface area contributed by atoms with Crippen LogP contribution < -0.4 is 9.47 Å². The van der Waals surface area contributed by atoms with Gasteiger partial charge in [-0.3, -0.25) is 4.79 Å². The van der Waals surface area contributed by atoms with Crippen LogP contribution in [0.25, 0.3) is 0 Å². The minimum absolute atomic E-state index is 0.0562. The molecule has 2 atom stereocenters. The van der Waals surface area contributed by atoms with Crippen LogP contribution in [-0.2, 0) is 4.74 Å². The third-order valence-electron chi connectivity index (χ3n) is 4.72. The van der Waals surface area contributed by atoms with Crippen LogP contribution in [0.1, 0.15) is 54.6 Å². The van der Waals surface area contributed by atoms with Crippen molar-refractivity contribution in [2.24, 2.45) is 5.18 Å². The van der Waals surface area contributed by atoms with Crippen LogP contribution in [0.5, 0.6) is 11.5 Å². The standard InChI is InChI=1S/C24H28N2O5/c1-4-29-19-9-7-17(8-10-19)24(27)22-12-11-20(30-5-2)14-23(22)18(15-25)13-21(16-26-28)31-6-3/h7-12,14,18,21H,4-6,13,16H2,1-3H3. The summed E-state index contributed by atoms with van der Waals surface area (Å²) in [5.41, 5.74) is 1.44. The maximum absolute atomic E-state index is 13.3. The molecule has 0 bridgehead atoms. The van der Waals surface area contributed by atoms with E-state index in [9.17, 15) is 15.0 Å². The molecule has 0 amide bonds. The van der Waals surface area contributed by atoms with Gasteiger partial charge in [0.15, 0.2) is 5.78 Å². The summed E-state index contributed by atoms with van der Waals surface area (Å²) in [6.07, 6.45) is -0.258. The highest BCUT2D eigenvalue weighted by Gasteiger charge is 2.25. The molecule has 0 aromatic heterocycles. The van der Waals surface area contributed by atoms with Crippen molar-refractivity contribution < 1.29 is 19.0 Å². The monoisotopic (exact) mass is 424 g/mol. The first-order valence-corrected chi connectivity index (χ1v) is 10.4. The van der Waals surface area contributed by atoms with Gasteiger partial charge in [0.25, 0.3) is 0 Å². The summed E-state index contributed by atoms with van der Waals surface area (Å²) in [5.74, 6) is 0.382. The van der Waals surface area contributed by atoms with E-state index in [4.69, 9.17) is 14.2 Å². The second kappa shape index (κ2) is 12.5. The summed E-state index contributed by atoms with van der Waals surface area (Å²) in [6, 6.07) is 14.3. The second-order valence-electron chi connectivity index (χ2n) is 6.77. The zero-order chi connectivity index (χ0) is 22.6. The number of nitriles is 1. The highest BCUT2D eigenvalue weighted by Crippen LogP contribution is 2.31. The third-order valence-corrected chi connectivity index (χ3v) is 4.72. The van der Waals surface area contributed by atoms with Crippen LogP contribution in [-0.4, -0.2) is 38.3 Å². The molecular formula is C24H28N2O5. The zero-order valence-corrected chi connectivity index (χ0v) is 18.2. The molecule has 0 radical (unpaired) electrons. The molecule has 7 nitrogen and oxygen atoms in total. The fourth-order valence-corrected chi connectivity index (χ4v) is 3.34. The van der Waals surface area contributed by atoms with Crippen molar-refractivity contribution in [1.29, 1.82) is 5.26 Å². The highest BCUT2D eigenvalue weighted by atomic mass is 16.5. The van der Waals surface area contributed by atoms with Gasteiger partial charge in [0.2, 0.25) is 0 Å². The van der Waals surface area contributed by atoms with Gasteiger partial charge in [-0.1, -0.05) is 5.18 Å². The number of carbonyl (C=O) groups excluding carboxylic acids is 1. The first-order chi connectivity index (χ1) is 15.1. The lowest BCUT2D eigenvalue weighted by Gasteiger charge is -2.20. The third kappa shape index (κ3) is 6.63. The average molecular weight is 424 g/mol. The maximum atomic E-state index is 13.3. The molecule has 2 aromatic rings. The van der Waals surface area contributed by atoms with E-state index < -0.39 is 12.0 Å². The van der Waals surface area contributed by atoms with Gasteiger partial charge in [-0.05, 0) is 75.2 Å². The normalized spacial score (nSPS) is 12.5. The van der Waals surface area contributed by atoms with Crippen molar-refractivity contribution in [3.05, 3.63) is 64.1 Å². The topological polar surface area (TPSA) is 98.0 Å². The molecule has 0 saturated carbocycles. The first kappa shape index (κ1) is 24.0. The Morgan fingerprint density at radius 1 is 1.00 bits per heavy atom. The molecule has 2 aromatic carbocycles. The molecule has 7 heteroatoms. The predicted octanol–water partition coefficient (Wildman–Crippen LogP) is 4.88. The molecule has 0 heterocycles. The number of hydrogen-bond acceptors (Lipinski definition) is 7. The lowest BCUT2D eigenvalue weighted by molar-refractivity contribution is 0.0610. The average Bonchev–Trinajstić information content (AvgIpc) is 2.78. The second-order valence-corrected chi connectivity index (χ2v) is 6.77. The van der Waals surface area contributed by atoms with Crippen LogP contribution in [0.2, 0.25) is 0 Å². The molecule has 0 aliphatic heterocycles. The summed E-state index contributed by atoms with van der Waals surface area (Å²) in [5, 5.41) is 12.8. The van der Waals surface area contributed by atoms with Crippen LogP contribution in [0.3, 0.4) is 0 Å². The quantitative estimate of drug-likeness (QED) is 0.336. The molecule has 0 aliphatic carbocycles. The van der Waals surface area contributed by atoms with Crippen molar-refractivity contribution in [3.63, 3.8) is 0 Å². The van der Waals surface area contributed by atoms with Gasteiger partial charge in [-0.25, -0.2) is 0 Å². The van der Waals surface area contributed by atoms with Crippen molar-refractivity contribution in [3.8, 4) is 17.6 Å². The number of hydrogen-bond donors (Lipinski definition) is 0. The van der Waals surface area contributed by atoms with E-state index in [0.29, 0.717) is 48.0 Å². The molecular weight excluding hydrogens is 396 g/mol. The van der Waals surface area contributed by atoms with E-state index in [0.717, 1.165) is 0 Å². The van der Waals surface area contributed by atoms with Crippen molar-refractivity contribution >= 4 is 5.78 Å². The van der Waals surface area contributed by atoms with Gasteiger partial charge >= 0.3 is 0 Å². The Morgan fingerprint density at radius 3 is 2.23 bits per heavy atom. The van der Waals surface area contributed by atoms with E-state index in [-0.39, 0.29) is 18.7 Å². The summed E-state index contributed by atoms with van der Waals surface area (Å²) >= 11 is 0. The lowest BCUT2D eigenvalue weighted by Crippen LogP contribution is -2.21. The Kier molecular flexibility index (Phi) is 9.66. The van der Waals surface area contributed by atoms with E-state index >= 15 is 0 Å². The molecule has 0 spiro atoms. The molecule has 0 aliphatic rings. The van der Waals surface area contributed by atoms with E-state index in [1.807, 2.05) is 20.8 Å². The van der Waals surface area contributed by atoms with E-state index in [2.05, 4.69) is 11.2 Å². The highest BCUT2D eigenvalue weighted by molar-refractivity contribution is 6.10. The molecule has 0 saturated heterocycles. The van der Waals surface area contributed by atoms with Gasteiger partial charge in [-0.15, -0.1) is 0 Å². The molecule has 0 N–H and O–H groups in total. The van der Waals surface area contributed by atoms with Gasteiger partial charge in [-0.2, -0.15) is 10.2 Å². The SMILES string of the molecule is CCOc1ccc(C(=O)c2ccc(OCC)cc2C(C#N)CC(CN=O)OCC)cc1. The number of ketones is 1. The largest absolute Gasteiger partial charge is 0.494 e. The van der Waals surface area contributed by atoms with Gasteiger partial charge in [0.05, 0.1) is 31.3 Å². The van der Waals surface area contributed by atoms with Crippen LogP contribution >= 0.6 is 0 Å². The number of carbonyl (C=O) groups is 1. The van der Waals surface area contributed by atoms with Crippen molar-refractivity contribution in [2.45, 2.75) is 39.2 Å².